The predicted octanol–water partition coefficient (Wildman–Crippen LogP) is -1.96. The molecule has 0 amide bonds. The summed E-state index contributed by atoms with van der Waals surface area (Å²) in [6, 6.07) is 0. The Hall–Kier alpha value is -1.18. The molecule has 0 aromatic carbocycles. The molecule has 0 aliphatic heterocycles. The Labute approximate surface area is 61.5 Å². The normalized spacial score (nSPS) is 14.4. The van der Waals surface area contributed by atoms with E-state index in [4.69, 9.17) is 20.4 Å². The summed E-state index contributed by atoms with van der Waals surface area (Å²) in [5.74, 6) is -3.54. The van der Waals surface area contributed by atoms with Crippen LogP contribution in [0.3, 0.4) is 0 Å². The number of carbonyl (C=O) groups is 2. The van der Waals surface area contributed by atoms with Crippen LogP contribution >= 0.6 is 0 Å². The lowest BCUT2D eigenvalue weighted by Crippen LogP contribution is -2.39. The average Bonchev–Trinajstić information content (AvgIpc) is 1.84. The van der Waals surface area contributed by atoms with Crippen molar-refractivity contribution in [2.45, 2.75) is 12.2 Å². The SMILES string of the molecule is N.O=C(O)[C@@H](O)[C@@H](O)C(=O)O. The molecule has 0 unspecified atom stereocenters. The minimum Gasteiger partial charge on any atom is -0.479 e. The molecule has 0 spiro atoms. The van der Waals surface area contributed by atoms with Crippen LogP contribution in [0.1, 0.15) is 0 Å². The van der Waals surface area contributed by atoms with Crippen LogP contribution < -0.4 is 6.15 Å². The van der Waals surface area contributed by atoms with Crippen LogP contribution in [0, 0.1) is 0 Å². The predicted molar refractivity (Wildman–Crippen MR) is 32.3 cm³/mol. The second kappa shape index (κ2) is 4.61. The van der Waals surface area contributed by atoms with Crippen molar-refractivity contribution in [2.75, 3.05) is 0 Å². The molecular formula is C4H9NO6. The first kappa shape index (κ1) is 12.5. The molecule has 0 bridgehead atoms. The number of hydrogen-bond acceptors (Lipinski definition) is 5. The highest BCUT2D eigenvalue weighted by Gasteiger charge is 2.29. The van der Waals surface area contributed by atoms with Gasteiger partial charge >= 0.3 is 11.9 Å². The zero-order chi connectivity index (χ0) is 8.31. The van der Waals surface area contributed by atoms with Crippen LogP contribution in [0.5, 0.6) is 0 Å². The molecule has 0 aliphatic carbocycles. The highest BCUT2D eigenvalue weighted by atomic mass is 16.4. The topological polar surface area (TPSA) is 150 Å². The molecule has 66 valence electrons. The quantitative estimate of drug-likeness (QED) is 0.327. The van der Waals surface area contributed by atoms with E-state index < -0.39 is 24.1 Å². The summed E-state index contributed by atoms with van der Waals surface area (Å²) < 4.78 is 0. The van der Waals surface area contributed by atoms with Gasteiger partial charge in [0.1, 0.15) is 0 Å². The van der Waals surface area contributed by atoms with Gasteiger partial charge in [-0.2, -0.15) is 0 Å². The fraction of sp³-hybridized carbons (Fsp3) is 0.500. The van der Waals surface area contributed by atoms with Crippen molar-refractivity contribution in [3.05, 3.63) is 0 Å². The van der Waals surface area contributed by atoms with Crippen molar-refractivity contribution in [1.82, 2.24) is 6.15 Å². The van der Waals surface area contributed by atoms with E-state index in [1.165, 1.54) is 0 Å². The Morgan fingerprint density at radius 1 is 0.909 bits per heavy atom. The zero-order valence-corrected chi connectivity index (χ0v) is 5.47. The van der Waals surface area contributed by atoms with Crippen molar-refractivity contribution < 1.29 is 30.0 Å². The van der Waals surface area contributed by atoms with Gasteiger partial charge in [0.15, 0.2) is 12.2 Å². The van der Waals surface area contributed by atoms with Crippen LogP contribution in [0.2, 0.25) is 0 Å². The number of aliphatic hydroxyl groups excluding tert-OH is 2. The first-order valence-electron chi connectivity index (χ1n) is 2.28. The fourth-order valence-corrected chi connectivity index (χ4v) is 0.270. The van der Waals surface area contributed by atoms with E-state index in [0.29, 0.717) is 0 Å². The Kier molecular flexibility index (Phi) is 5.23. The van der Waals surface area contributed by atoms with Gasteiger partial charge in [-0.3, -0.25) is 0 Å². The van der Waals surface area contributed by atoms with Crippen molar-refractivity contribution >= 4 is 11.9 Å². The third-order valence-electron chi connectivity index (χ3n) is 0.805. The molecular weight excluding hydrogens is 158 g/mol. The largest absolute Gasteiger partial charge is 0.479 e. The molecule has 11 heavy (non-hydrogen) atoms. The lowest BCUT2D eigenvalue weighted by molar-refractivity contribution is -0.165. The molecule has 0 radical (unpaired) electrons. The van der Waals surface area contributed by atoms with Gasteiger partial charge in [-0.1, -0.05) is 0 Å². The van der Waals surface area contributed by atoms with Gasteiger partial charge in [-0.15, -0.1) is 0 Å². The van der Waals surface area contributed by atoms with E-state index in [1.807, 2.05) is 0 Å². The van der Waals surface area contributed by atoms with Gasteiger partial charge in [-0.05, 0) is 0 Å². The van der Waals surface area contributed by atoms with Crippen LogP contribution in [0.15, 0.2) is 0 Å². The maximum atomic E-state index is 9.77. The highest BCUT2D eigenvalue weighted by Crippen LogP contribution is 1.92. The standard InChI is InChI=1S/C4H6O6.H3N/c5-1(3(7)8)2(6)4(9)10;/h1-2,5-6H,(H,7,8)(H,9,10);1H3/t1-,2+;. The van der Waals surface area contributed by atoms with Gasteiger partial charge in [0.2, 0.25) is 0 Å². The minimum atomic E-state index is -2.27. The third-order valence-corrected chi connectivity index (χ3v) is 0.805. The molecule has 0 heterocycles. The second-order valence-corrected chi connectivity index (χ2v) is 1.57. The molecule has 0 fully saturated rings. The molecule has 0 aliphatic rings. The molecule has 7 heteroatoms. The summed E-state index contributed by atoms with van der Waals surface area (Å²) in [6.07, 6.45) is -4.53. The molecule has 0 aromatic rings. The number of rotatable bonds is 3. The maximum absolute atomic E-state index is 9.77. The maximum Gasteiger partial charge on any atom is 0.335 e. The summed E-state index contributed by atoms with van der Waals surface area (Å²) in [4.78, 5) is 19.5. The van der Waals surface area contributed by atoms with Gasteiger partial charge < -0.3 is 26.6 Å². The van der Waals surface area contributed by atoms with Crippen molar-refractivity contribution in [3.8, 4) is 0 Å². The third kappa shape index (κ3) is 3.50. The van der Waals surface area contributed by atoms with E-state index in [2.05, 4.69) is 0 Å². The summed E-state index contributed by atoms with van der Waals surface area (Å²) in [7, 11) is 0. The average molecular weight is 167 g/mol. The monoisotopic (exact) mass is 167 g/mol. The lowest BCUT2D eigenvalue weighted by atomic mass is 10.2. The molecule has 7 N–H and O–H groups in total. The smallest absolute Gasteiger partial charge is 0.335 e. The minimum absolute atomic E-state index is 0. The molecule has 0 aromatic heterocycles. The number of hydrogen-bond donors (Lipinski definition) is 5. The van der Waals surface area contributed by atoms with Crippen LogP contribution in [-0.4, -0.2) is 44.6 Å². The van der Waals surface area contributed by atoms with Crippen LogP contribution in [0.4, 0.5) is 0 Å². The lowest BCUT2D eigenvalue weighted by Gasteiger charge is -2.07. The molecule has 7 nitrogen and oxygen atoms in total. The summed E-state index contributed by atoms with van der Waals surface area (Å²) in [6.45, 7) is 0. The second-order valence-electron chi connectivity index (χ2n) is 1.57. The van der Waals surface area contributed by atoms with Crippen molar-refractivity contribution in [2.24, 2.45) is 0 Å². The van der Waals surface area contributed by atoms with E-state index in [1.54, 1.807) is 0 Å². The molecule has 0 saturated carbocycles. The number of aliphatic carboxylic acids is 2. The zero-order valence-electron chi connectivity index (χ0n) is 5.47. The van der Waals surface area contributed by atoms with Gasteiger partial charge in [0, 0.05) is 0 Å². The molecule has 0 saturated heterocycles. The number of carboxylic acids is 2. The first-order valence-corrected chi connectivity index (χ1v) is 2.28. The van der Waals surface area contributed by atoms with Crippen molar-refractivity contribution in [3.63, 3.8) is 0 Å². The molecule has 0 rings (SSSR count). The fourth-order valence-electron chi connectivity index (χ4n) is 0.270. The van der Waals surface area contributed by atoms with Gasteiger partial charge in [-0.25, -0.2) is 9.59 Å². The summed E-state index contributed by atoms with van der Waals surface area (Å²) in [5.41, 5.74) is 0. The van der Waals surface area contributed by atoms with E-state index in [9.17, 15) is 9.59 Å². The van der Waals surface area contributed by atoms with Gasteiger partial charge in [0.25, 0.3) is 0 Å². The molecule has 2 atom stereocenters. The summed E-state index contributed by atoms with van der Waals surface area (Å²) >= 11 is 0. The number of aliphatic hydroxyl groups is 2. The van der Waals surface area contributed by atoms with E-state index >= 15 is 0 Å². The highest BCUT2D eigenvalue weighted by molar-refractivity contribution is 5.82. The first-order chi connectivity index (χ1) is 4.46. The Balaban J connectivity index is 0. The van der Waals surface area contributed by atoms with E-state index in [-0.39, 0.29) is 6.15 Å². The summed E-state index contributed by atoms with van der Waals surface area (Å²) in [5, 5.41) is 32.5. The van der Waals surface area contributed by atoms with Gasteiger partial charge in [0.05, 0.1) is 0 Å². The van der Waals surface area contributed by atoms with Crippen molar-refractivity contribution in [1.29, 1.82) is 0 Å². The Bertz CT molecular complexity index is 139. The Morgan fingerprint density at radius 2 is 1.09 bits per heavy atom. The van der Waals surface area contributed by atoms with E-state index in [0.717, 1.165) is 0 Å². The van der Waals surface area contributed by atoms with Crippen LogP contribution in [-0.2, 0) is 9.59 Å². The number of carboxylic acid groups (broad SMARTS) is 2. The van der Waals surface area contributed by atoms with Crippen LogP contribution in [0.25, 0.3) is 0 Å². The Morgan fingerprint density at radius 3 is 1.18 bits per heavy atom.